The van der Waals surface area contributed by atoms with Gasteiger partial charge in [-0.3, -0.25) is 9.59 Å². The fourth-order valence-electron chi connectivity index (χ4n) is 3.37. The summed E-state index contributed by atoms with van der Waals surface area (Å²) in [5, 5.41) is 0. The minimum Gasteiger partial charge on any atom is -0.381 e. The topological polar surface area (TPSA) is 46.6 Å². The Morgan fingerprint density at radius 1 is 1.14 bits per heavy atom. The van der Waals surface area contributed by atoms with Crippen LogP contribution < -0.4 is 0 Å². The second-order valence-corrected chi connectivity index (χ2v) is 6.31. The molecule has 0 aliphatic carbocycles. The van der Waals surface area contributed by atoms with Crippen LogP contribution in [0.4, 0.5) is 0 Å². The summed E-state index contributed by atoms with van der Waals surface area (Å²) in [6.45, 7) is 2.59. The Labute approximate surface area is 131 Å². The van der Waals surface area contributed by atoms with Crippen LogP contribution in [-0.2, 0) is 20.7 Å². The zero-order chi connectivity index (χ0) is 15.4. The number of ether oxygens (including phenoxy) is 1. The van der Waals surface area contributed by atoms with Crippen molar-refractivity contribution >= 4 is 11.7 Å². The summed E-state index contributed by atoms with van der Waals surface area (Å²) in [5.41, 5.74) is 1.06. The molecule has 2 aliphatic heterocycles. The van der Waals surface area contributed by atoms with Gasteiger partial charge in [-0.15, -0.1) is 0 Å². The van der Waals surface area contributed by atoms with E-state index in [0.717, 1.165) is 31.4 Å². The molecule has 0 unspecified atom stereocenters. The maximum absolute atomic E-state index is 12.5. The second-order valence-electron chi connectivity index (χ2n) is 6.31. The fourth-order valence-corrected chi connectivity index (χ4v) is 3.37. The molecule has 0 bridgehead atoms. The molecule has 0 N–H and O–H groups in total. The molecule has 0 saturated carbocycles. The monoisotopic (exact) mass is 301 g/mol. The Morgan fingerprint density at radius 3 is 2.68 bits per heavy atom. The minimum absolute atomic E-state index is 0.00275. The molecule has 4 heteroatoms. The largest absolute Gasteiger partial charge is 0.381 e. The van der Waals surface area contributed by atoms with Gasteiger partial charge in [0.15, 0.2) is 0 Å². The summed E-state index contributed by atoms with van der Waals surface area (Å²) in [7, 11) is 0. The summed E-state index contributed by atoms with van der Waals surface area (Å²) < 4.78 is 5.31. The highest BCUT2D eigenvalue weighted by atomic mass is 16.5. The number of nitrogens with zero attached hydrogens (tertiary/aromatic N) is 1. The van der Waals surface area contributed by atoms with Crippen LogP contribution >= 0.6 is 0 Å². The predicted octanol–water partition coefficient (Wildman–Crippen LogP) is 2.07. The number of hydrogen-bond acceptors (Lipinski definition) is 3. The summed E-state index contributed by atoms with van der Waals surface area (Å²) in [5.74, 6) is 0.421. The molecule has 0 spiro atoms. The predicted molar refractivity (Wildman–Crippen MR) is 83.4 cm³/mol. The molecule has 3 rings (SSSR count). The maximum Gasteiger partial charge on any atom is 0.228 e. The minimum atomic E-state index is -0.0137. The third-order valence-electron chi connectivity index (χ3n) is 4.69. The molecule has 2 saturated heterocycles. The van der Waals surface area contributed by atoms with Crippen LogP contribution in [0.2, 0.25) is 0 Å². The normalized spacial score (nSPS) is 25.2. The average molecular weight is 301 g/mol. The van der Waals surface area contributed by atoms with Crippen molar-refractivity contribution in [1.29, 1.82) is 0 Å². The second kappa shape index (κ2) is 7.05. The van der Waals surface area contributed by atoms with Crippen molar-refractivity contribution in [3.8, 4) is 0 Å². The maximum atomic E-state index is 12.5. The Bertz CT molecular complexity index is 522. The number of carbonyl (C=O) groups is 2. The van der Waals surface area contributed by atoms with E-state index in [9.17, 15) is 9.59 Å². The molecule has 2 aliphatic rings. The summed E-state index contributed by atoms with van der Waals surface area (Å²) in [6, 6.07) is 9.84. The van der Waals surface area contributed by atoms with Crippen LogP contribution in [0.5, 0.6) is 0 Å². The van der Waals surface area contributed by atoms with Crippen molar-refractivity contribution < 1.29 is 14.3 Å². The van der Waals surface area contributed by atoms with E-state index < -0.39 is 0 Å². The Morgan fingerprint density at radius 2 is 1.95 bits per heavy atom. The molecule has 4 nitrogen and oxygen atoms in total. The highest BCUT2D eigenvalue weighted by molar-refractivity contribution is 5.85. The van der Waals surface area contributed by atoms with Gasteiger partial charge in [0, 0.05) is 32.0 Å². The molecular formula is C18H23NO3. The number of rotatable bonds is 4. The highest BCUT2D eigenvalue weighted by Gasteiger charge is 2.33. The first-order valence-corrected chi connectivity index (χ1v) is 8.17. The number of Topliss-reactive ketones (excluding diaryl/α,β-unsaturated/α-hetero) is 1. The highest BCUT2D eigenvalue weighted by Crippen LogP contribution is 2.23. The van der Waals surface area contributed by atoms with Crippen LogP contribution in [0.25, 0.3) is 0 Å². The summed E-state index contributed by atoms with van der Waals surface area (Å²) in [6.07, 6.45) is 3.11. The van der Waals surface area contributed by atoms with Crippen molar-refractivity contribution in [3.63, 3.8) is 0 Å². The van der Waals surface area contributed by atoms with Gasteiger partial charge < -0.3 is 9.64 Å². The van der Waals surface area contributed by atoms with Gasteiger partial charge in [-0.25, -0.2) is 0 Å². The number of carbonyl (C=O) groups excluding carboxylic acids is 2. The smallest absolute Gasteiger partial charge is 0.228 e. The molecule has 0 aromatic heterocycles. The van der Waals surface area contributed by atoms with E-state index >= 15 is 0 Å². The van der Waals surface area contributed by atoms with Gasteiger partial charge in [-0.2, -0.15) is 0 Å². The third kappa shape index (κ3) is 3.55. The van der Waals surface area contributed by atoms with Crippen molar-refractivity contribution in [3.05, 3.63) is 35.9 Å². The first-order chi connectivity index (χ1) is 10.7. The van der Waals surface area contributed by atoms with Gasteiger partial charge in [0.2, 0.25) is 5.91 Å². The molecule has 1 aromatic carbocycles. The van der Waals surface area contributed by atoms with Crippen LogP contribution in [0, 0.1) is 11.8 Å². The van der Waals surface area contributed by atoms with Gasteiger partial charge in [0.1, 0.15) is 5.78 Å². The Hall–Kier alpha value is -1.68. The standard InChI is InChI=1S/C18H23NO3/c20-17(11-14-5-2-1-3-6-14)15-7-4-9-19(12-15)18(21)16-8-10-22-13-16/h1-3,5-6,15-16H,4,7-13H2/t15-,16-/m0/s1. The lowest BCUT2D eigenvalue weighted by Crippen LogP contribution is -2.45. The lowest BCUT2D eigenvalue weighted by molar-refractivity contribution is -0.138. The van der Waals surface area contributed by atoms with Gasteiger partial charge in [0.05, 0.1) is 12.5 Å². The van der Waals surface area contributed by atoms with Gasteiger partial charge in [0.25, 0.3) is 0 Å². The fraction of sp³-hybridized carbons (Fsp3) is 0.556. The van der Waals surface area contributed by atoms with Crippen LogP contribution in [-0.4, -0.2) is 42.9 Å². The lowest BCUT2D eigenvalue weighted by Gasteiger charge is -2.33. The van der Waals surface area contributed by atoms with E-state index in [-0.39, 0.29) is 23.5 Å². The zero-order valence-corrected chi connectivity index (χ0v) is 12.9. The first-order valence-electron chi connectivity index (χ1n) is 8.17. The molecule has 0 radical (unpaired) electrons. The first kappa shape index (κ1) is 15.2. The number of likely N-dealkylation sites (tertiary alicyclic amines) is 1. The van der Waals surface area contributed by atoms with Crippen LogP contribution in [0.1, 0.15) is 24.8 Å². The molecule has 2 fully saturated rings. The summed E-state index contributed by atoms with van der Waals surface area (Å²) >= 11 is 0. The van der Waals surface area contributed by atoms with Gasteiger partial charge >= 0.3 is 0 Å². The molecular weight excluding hydrogens is 278 g/mol. The van der Waals surface area contributed by atoms with Crippen LogP contribution in [0.15, 0.2) is 30.3 Å². The lowest BCUT2D eigenvalue weighted by atomic mass is 9.89. The number of ketones is 1. The Balaban J connectivity index is 1.57. The average Bonchev–Trinajstić information content (AvgIpc) is 3.09. The van der Waals surface area contributed by atoms with E-state index in [4.69, 9.17) is 4.74 Å². The van der Waals surface area contributed by atoms with E-state index in [2.05, 4.69) is 0 Å². The van der Waals surface area contributed by atoms with Gasteiger partial charge in [-0.1, -0.05) is 30.3 Å². The van der Waals surface area contributed by atoms with Gasteiger partial charge in [-0.05, 0) is 24.8 Å². The number of piperidine rings is 1. The quantitative estimate of drug-likeness (QED) is 0.855. The van der Waals surface area contributed by atoms with Crippen molar-refractivity contribution in [2.24, 2.45) is 11.8 Å². The van der Waals surface area contributed by atoms with E-state index in [1.807, 2.05) is 35.2 Å². The Kier molecular flexibility index (Phi) is 4.88. The van der Waals surface area contributed by atoms with Crippen LogP contribution in [0.3, 0.4) is 0 Å². The zero-order valence-electron chi connectivity index (χ0n) is 12.9. The molecule has 1 aromatic rings. The van der Waals surface area contributed by atoms with E-state index in [0.29, 0.717) is 26.2 Å². The molecule has 2 heterocycles. The van der Waals surface area contributed by atoms with E-state index in [1.165, 1.54) is 0 Å². The van der Waals surface area contributed by atoms with Crippen molar-refractivity contribution in [2.75, 3.05) is 26.3 Å². The number of benzene rings is 1. The molecule has 22 heavy (non-hydrogen) atoms. The van der Waals surface area contributed by atoms with Crippen molar-refractivity contribution in [2.45, 2.75) is 25.7 Å². The molecule has 2 atom stereocenters. The molecule has 1 amide bonds. The number of hydrogen-bond donors (Lipinski definition) is 0. The van der Waals surface area contributed by atoms with E-state index in [1.54, 1.807) is 0 Å². The summed E-state index contributed by atoms with van der Waals surface area (Å²) in [4.78, 5) is 26.8. The SMILES string of the molecule is O=C(Cc1ccccc1)[C@H]1CCCN(C(=O)[C@H]2CCOC2)C1. The van der Waals surface area contributed by atoms with Crippen molar-refractivity contribution in [1.82, 2.24) is 4.90 Å². The third-order valence-corrected chi connectivity index (χ3v) is 4.69. The molecule has 118 valence electrons. The number of amides is 1.